The Morgan fingerprint density at radius 1 is 0.657 bits per heavy atom. The molecule has 0 radical (unpaired) electrons. The summed E-state index contributed by atoms with van der Waals surface area (Å²) in [5, 5.41) is 27.6. The third-order valence-electron chi connectivity index (χ3n) is 6.83. The fourth-order valence-corrected chi connectivity index (χ4v) is 4.99. The van der Waals surface area contributed by atoms with Crippen LogP contribution in [0.5, 0.6) is 11.5 Å². The number of hydrogen-bond donors (Lipinski definition) is 3. The van der Waals surface area contributed by atoms with Crippen molar-refractivity contribution in [1.29, 1.82) is 0 Å². The molecular weight excluding hydrogens is 432 g/mol. The normalized spacial score (nSPS) is 11.6. The highest BCUT2D eigenvalue weighted by Gasteiger charge is 2.16. The molecule has 0 aliphatic carbocycles. The van der Waals surface area contributed by atoms with Crippen molar-refractivity contribution in [1.82, 2.24) is 9.88 Å². The maximum Gasteiger partial charge on any atom is 0.142 e. The first kappa shape index (κ1) is 23.0. The number of nitrogens with zero attached hydrogens (tertiary/aromatic N) is 1. The lowest BCUT2D eigenvalue weighted by Gasteiger charge is -2.14. The molecule has 0 atom stereocenters. The van der Waals surface area contributed by atoms with Crippen LogP contribution >= 0.6 is 0 Å². The molecule has 0 amide bonds. The van der Waals surface area contributed by atoms with Gasteiger partial charge < -0.3 is 20.1 Å². The van der Waals surface area contributed by atoms with Gasteiger partial charge in [-0.1, -0.05) is 80.6 Å². The van der Waals surface area contributed by atoms with Crippen molar-refractivity contribution in [3.8, 4) is 17.2 Å². The van der Waals surface area contributed by atoms with Crippen LogP contribution in [0, 0.1) is 0 Å². The smallest absolute Gasteiger partial charge is 0.142 e. The third kappa shape index (κ3) is 4.38. The van der Waals surface area contributed by atoms with Crippen LogP contribution in [0.3, 0.4) is 0 Å². The molecule has 0 saturated heterocycles. The van der Waals surface area contributed by atoms with Gasteiger partial charge in [-0.2, -0.15) is 0 Å². The van der Waals surface area contributed by atoms with E-state index < -0.39 is 0 Å². The highest BCUT2D eigenvalue weighted by atomic mass is 16.3. The van der Waals surface area contributed by atoms with Gasteiger partial charge in [0.2, 0.25) is 0 Å². The van der Waals surface area contributed by atoms with Gasteiger partial charge in [-0.3, -0.25) is 0 Å². The molecule has 0 saturated carbocycles. The van der Waals surface area contributed by atoms with Gasteiger partial charge in [0.05, 0.1) is 16.7 Å². The second-order valence-corrected chi connectivity index (χ2v) is 9.41. The topological polar surface area (TPSA) is 57.4 Å². The number of hydrogen-bond acceptors (Lipinski definition) is 3. The molecule has 4 aromatic carbocycles. The van der Waals surface area contributed by atoms with Crippen molar-refractivity contribution in [2.75, 3.05) is 13.1 Å². The lowest BCUT2D eigenvalue weighted by molar-refractivity contribution is 0.456. The average molecular weight is 465 g/mol. The molecule has 0 bridgehead atoms. The maximum absolute atomic E-state index is 11.3. The summed E-state index contributed by atoms with van der Waals surface area (Å²) in [5.41, 5.74) is 5.86. The van der Waals surface area contributed by atoms with Gasteiger partial charge in [0, 0.05) is 10.8 Å². The molecule has 4 nitrogen and oxygen atoms in total. The van der Waals surface area contributed by atoms with E-state index in [4.69, 9.17) is 0 Å². The molecule has 0 unspecified atom stereocenters. The van der Waals surface area contributed by atoms with Crippen LogP contribution in [0.1, 0.15) is 36.5 Å². The SMILES string of the molecule is CC(C)c1cccc(CCNCCc2cccc(-n3c4ccccc4c4ccccc43)c2O)c1O. The summed E-state index contributed by atoms with van der Waals surface area (Å²) in [6.45, 7) is 5.70. The van der Waals surface area contributed by atoms with E-state index in [0.29, 0.717) is 17.4 Å². The second kappa shape index (κ2) is 9.85. The minimum Gasteiger partial charge on any atom is -0.507 e. The second-order valence-electron chi connectivity index (χ2n) is 9.41. The summed E-state index contributed by atoms with van der Waals surface area (Å²) >= 11 is 0. The Labute approximate surface area is 206 Å². The van der Waals surface area contributed by atoms with Crippen LogP contribution in [-0.2, 0) is 12.8 Å². The molecule has 0 fully saturated rings. The van der Waals surface area contributed by atoms with E-state index in [9.17, 15) is 10.2 Å². The molecule has 0 aliphatic rings. The Bertz CT molecular complexity index is 1430. The van der Waals surface area contributed by atoms with Crippen LogP contribution in [0.15, 0.2) is 84.9 Å². The monoisotopic (exact) mass is 464 g/mol. The van der Waals surface area contributed by atoms with E-state index in [0.717, 1.165) is 59.3 Å². The molecule has 3 N–H and O–H groups in total. The molecule has 0 spiro atoms. The molecular formula is C31H32N2O2. The Balaban J connectivity index is 1.32. The van der Waals surface area contributed by atoms with Gasteiger partial charge in [0.15, 0.2) is 0 Å². The van der Waals surface area contributed by atoms with E-state index in [1.165, 1.54) is 10.8 Å². The highest BCUT2D eigenvalue weighted by molar-refractivity contribution is 6.09. The summed E-state index contributed by atoms with van der Waals surface area (Å²) < 4.78 is 2.15. The predicted octanol–water partition coefficient (Wildman–Crippen LogP) is 6.69. The third-order valence-corrected chi connectivity index (χ3v) is 6.83. The van der Waals surface area contributed by atoms with Gasteiger partial charge in [0.1, 0.15) is 11.5 Å². The Kier molecular flexibility index (Phi) is 6.47. The number of nitrogens with one attached hydrogen (secondary N) is 1. The first-order valence-corrected chi connectivity index (χ1v) is 12.4. The van der Waals surface area contributed by atoms with Gasteiger partial charge >= 0.3 is 0 Å². The van der Waals surface area contributed by atoms with E-state index in [2.05, 4.69) is 60.1 Å². The molecule has 5 aromatic rings. The molecule has 0 aliphatic heterocycles. The zero-order chi connectivity index (χ0) is 24.4. The quantitative estimate of drug-likeness (QED) is 0.224. The van der Waals surface area contributed by atoms with Gasteiger partial charge in [0.25, 0.3) is 0 Å². The predicted molar refractivity (Wildman–Crippen MR) is 145 cm³/mol. The van der Waals surface area contributed by atoms with Crippen molar-refractivity contribution < 1.29 is 10.2 Å². The summed E-state index contributed by atoms with van der Waals surface area (Å²) in [5.74, 6) is 1.04. The lowest BCUT2D eigenvalue weighted by Crippen LogP contribution is -2.20. The summed E-state index contributed by atoms with van der Waals surface area (Å²) in [6, 6.07) is 28.6. The van der Waals surface area contributed by atoms with E-state index in [-0.39, 0.29) is 0 Å². The standard InChI is InChI=1S/C31H32N2O2/c1-21(2)24-13-7-9-22(30(24)34)17-19-32-20-18-23-10-8-16-29(31(23)35)33-27-14-5-3-11-25(27)26-12-4-6-15-28(26)33/h3-16,21,32,34-35H,17-20H2,1-2H3. The fourth-order valence-electron chi connectivity index (χ4n) is 4.99. The van der Waals surface area contributed by atoms with Crippen LogP contribution in [0.25, 0.3) is 27.5 Å². The van der Waals surface area contributed by atoms with Crippen LogP contribution in [0.4, 0.5) is 0 Å². The Morgan fingerprint density at radius 3 is 1.80 bits per heavy atom. The van der Waals surface area contributed by atoms with E-state index in [1.807, 2.05) is 48.5 Å². The van der Waals surface area contributed by atoms with Crippen LogP contribution in [-0.4, -0.2) is 27.9 Å². The number of aromatic nitrogens is 1. The number of fused-ring (bicyclic) bond motifs is 3. The highest BCUT2D eigenvalue weighted by Crippen LogP contribution is 2.36. The van der Waals surface area contributed by atoms with Crippen LogP contribution < -0.4 is 5.32 Å². The van der Waals surface area contributed by atoms with Gasteiger partial charge in [-0.25, -0.2) is 0 Å². The fraction of sp³-hybridized carbons (Fsp3) is 0.226. The average Bonchev–Trinajstić information content (AvgIpc) is 3.20. The van der Waals surface area contributed by atoms with Crippen LogP contribution in [0.2, 0.25) is 0 Å². The zero-order valence-corrected chi connectivity index (χ0v) is 20.3. The lowest BCUT2D eigenvalue weighted by atomic mass is 9.98. The number of para-hydroxylation sites is 4. The number of phenolic OH excluding ortho intramolecular Hbond substituents is 2. The van der Waals surface area contributed by atoms with E-state index >= 15 is 0 Å². The summed E-state index contributed by atoms with van der Waals surface area (Å²) in [4.78, 5) is 0. The number of aromatic hydroxyl groups is 2. The maximum atomic E-state index is 11.3. The zero-order valence-electron chi connectivity index (χ0n) is 20.3. The number of rotatable bonds is 8. The minimum atomic E-state index is 0.299. The van der Waals surface area contributed by atoms with Gasteiger partial charge in [-0.15, -0.1) is 0 Å². The van der Waals surface area contributed by atoms with Gasteiger partial charge in [-0.05, 0) is 66.7 Å². The summed E-state index contributed by atoms with van der Waals surface area (Å²) in [7, 11) is 0. The van der Waals surface area contributed by atoms with Crippen molar-refractivity contribution in [3.05, 3.63) is 102 Å². The van der Waals surface area contributed by atoms with E-state index in [1.54, 1.807) is 0 Å². The summed E-state index contributed by atoms with van der Waals surface area (Å²) in [6.07, 6.45) is 1.48. The molecule has 4 heteroatoms. The molecule has 5 rings (SSSR count). The molecule has 1 heterocycles. The van der Waals surface area contributed by atoms with Crippen molar-refractivity contribution in [3.63, 3.8) is 0 Å². The van der Waals surface area contributed by atoms with Crippen molar-refractivity contribution in [2.45, 2.75) is 32.6 Å². The first-order chi connectivity index (χ1) is 17.1. The Hall–Kier alpha value is -3.76. The largest absolute Gasteiger partial charge is 0.507 e. The number of benzene rings is 4. The first-order valence-electron chi connectivity index (χ1n) is 12.4. The number of phenols is 2. The molecule has 35 heavy (non-hydrogen) atoms. The Morgan fingerprint density at radius 2 is 1.20 bits per heavy atom. The molecule has 1 aromatic heterocycles. The van der Waals surface area contributed by atoms with Crippen molar-refractivity contribution >= 4 is 21.8 Å². The van der Waals surface area contributed by atoms with Crippen molar-refractivity contribution in [2.24, 2.45) is 0 Å². The molecule has 178 valence electrons. The minimum absolute atomic E-state index is 0.299.